The van der Waals surface area contributed by atoms with Gasteiger partial charge in [-0.05, 0) is 33.6 Å². The van der Waals surface area contributed by atoms with Gasteiger partial charge in [0.15, 0.2) is 0 Å². The van der Waals surface area contributed by atoms with Gasteiger partial charge < -0.3 is 15.4 Å². The quantitative estimate of drug-likeness (QED) is 0.461. The van der Waals surface area contributed by atoms with E-state index in [0.29, 0.717) is 11.4 Å². The molecule has 0 spiro atoms. The molecule has 2 aromatic heterocycles. The van der Waals surface area contributed by atoms with Crippen molar-refractivity contribution in [3.8, 4) is 0 Å². The van der Waals surface area contributed by atoms with Crippen LogP contribution in [0.15, 0.2) is 55.8 Å². The molecule has 10 heteroatoms. The molecule has 29 heavy (non-hydrogen) atoms. The number of carbonyl (C=O) groups is 1. The van der Waals surface area contributed by atoms with Crippen LogP contribution >= 0.6 is 27.3 Å². The molecule has 152 valence electrons. The molecule has 0 unspecified atom stereocenters. The maximum atomic E-state index is 12.7. The average Bonchev–Trinajstić information content (AvgIpc) is 3.14. The minimum Gasteiger partial charge on any atom is -0.383 e. The second kappa shape index (κ2) is 9.68. The van der Waals surface area contributed by atoms with Gasteiger partial charge in [0.25, 0.3) is 11.5 Å². The van der Waals surface area contributed by atoms with Gasteiger partial charge in [-0.25, -0.2) is 4.79 Å². The number of anilines is 2. The number of carbonyl (C=O) groups excluding carboxylic acids is 1. The SMILES string of the molecule is COCCn1c(NC(=O)c2ccc(Br)s2)c(NCc2ccccc2)c(=O)[nH]c1=O. The zero-order valence-electron chi connectivity index (χ0n) is 15.5. The van der Waals surface area contributed by atoms with Gasteiger partial charge in [0.05, 0.1) is 21.8 Å². The van der Waals surface area contributed by atoms with Crippen LogP contribution in [0.5, 0.6) is 0 Å². The fraction of sp³-hybridized carbons (Fsp3) is 0.211. The molecule has 0 saturated heterocycles. The molecular weight excluding hydrogens is 460 g/mol. The monoisotopic (exact) mass is 478 g/mol. The van der Waals surface area contributed by atoms with Crippen LogP contribution in [0, 0.1) is 0 Å². The van der Waals surface area contributed by atoms with Crippen molar-refractivity contribution >= 4 is 44.7 Å². The Bertz CT molecular complexity index is 1110. The van der Waals surface area contributed by atoms with Gasteiger partial charge in [-0.3, -0.25) is 19.1 Å². The Morgan fingerprint density at radius 3 is 2.62 bits per heavy atom. The van der Waals surface area contributed by atoms with E-state index >= 15 is 0 Å². The van der Waals surface area contributed by atoms with Crippen LogP contribution in [0.2, 0.25) is 0 Å². The number of ether oxygens (including phenoxy) is 1. The van der Waals surface area contributed by atoms with Gasteiger partial charge in [0.2, 0.25) is 0 Å². The lowest BCUT2D eigenvalue weighted by molar-refractivity contribution is 0.102. The molecule has 0 radical (unpaired) electrons. The van der Waals surface area contributed by atoms with Crippen LogP contribution in [-0.2, 0) is 17.8 Å². The van der Waals surface area contributed by atoms with E-state index in [9.17, 15) is 14.4 Å². The van der Waals surface area contributed by atoms with Gasteiger partial charge in [-0.2, -0.15) is 0 Å². The minimum absolute atomic E-state index is 0.0984. The standard InChI is InChI=1S/C19H19BrN4O4S/c1-28-10-9-24-16(22-17(25)13-7-8-14(20)29-13)15(18(26)23-19(24)27)21-11-12-5-3-2-4-6-12/h2-8,21H,9-11H2,1H3,(H,22,25)(H,23,26,27). The first-order valence-electron chi connectivity index (χ1n) is 8.70. The number of amides is 1. The summed E-state index contributed by atoms with van der Waals surface area (Å²) in [5, 5.41) is 5.75. The summed E-state index contributed by atoms with van der Waals surface area (Å²) in [4.78, 5) is 40.3. The molecule has 1 amide bonds. The molecule has 8 nitrogen and oxygen atoms in total. The Balaban J connectivity index is 1.99. The molecule has 0 aliphatic rings. The summed E-state index contributed by atoms with van der Waals surface area (Å²) < 4.78 is 7.13. The van der Waals surface area contributed by atoms with Crippen molar-refractivity contribution in [2.75, 3.05) is 24.4 Å². The molecule has 1 aromatic carbocycles. The lowest BCUT2D eigenvalue weighted by Crippen LogP contribution is -2.36. The van der Waals surface area contributed by atoms with Crippen molar-refractivity contribution < 1.29 is 9.53 Å². The number of aromatic amines is 1. The zero-order valence-corrected chi connectivity index (χ0v) is 17.9. The molecule has 0 fully saturated rings. The molecule has 0 atom stereocenters. The van der Waals surface area contributed by atoms with Gasteiger partial charge in [0, 0.05) is 13.7 Å². The third-order valence-corrected chi connectivity index (χ3v) is 5.68. The highest BCUT2D eigenvalue weighted by Crippen LogP contribution is 2.24. The Kier molecular flexibility index (Phi) is 7.02. The van der Waals surface area contributed by atoms with Crippen LogP contribution < -0.4 is 21.9 Å². The van der Waals surface area contributed by atoms with Crippen molar-refractivity contribution in [1.82, 2.24) is 9.55 Å². The highest BCUT2D eigenvalue weighted by atomic mass is 79.9. The highest BCUT2D eigenvalue weighted by Gasteiger charge is 2.19. The van der Waals surface area contributed by atoms with E-state index in [2.05, 4.69) is 31.5 Å². The number of H-pyrrole nitrogens is 1. The number of aromatic nitrogens is 2. The van der Waals surface area contributed by atoms with Crippen molar-refractivity contribution in [2.24, 2.45) is 0 Å². The number of rotatable bonds is 8. The number of thiophene rings is 1. The van der Waals surface area contributed by atoms with E-state index in [1.54, 1.807) is 12.1 Å². The lowest BCUT2D eigenvalue weighted by atomic mass is 10.2. The smallest absolute Gasteiger partial charge is 0.330 e. The molecule has 0 bridgehead atoms. The molecule has 3 N–H and O–H groups in total. The van der Waals surface area contributed by atoms with Crippen LogP contribution in [0.25, 0.3) is 0 Å². The lowest BCUT2D eigenvalue weighted by Gasteiger charge is -2.17. The number of halogens is 1. The summed E-state index contributed by atoms with van der Waals surface area (Å²) in [5.74, 6) is -0.319. The summed E-state index contributed by atoms with van der Waals surface area (Å²) in [7, 11) is 1.51. The summed E-state index contributed by atoms with van der Waals surface area (Å²) >= 11 is 4.57. The van der Waals surface area contributed by atoms with Crippen molar-refractivity contribution in [3.05, 3.63) is 77.5 Å². The molecule has 0 aliphatic carbocycles. The number of methoxy groups -OCH3 is 1. The van der Waals surface area contributed by atoms with E-state index in [4.69, 9.17) is 4.74 Å². The van der Waals surface area contributed by atoms with E-state index < -0.39 is 17.2 Å². The molecule has 2 heterocycles. The topological polar surface area (TPSA) is 105 Å². The Labute approximate surface area is 178 Å². The fourth-order valence-electron chi connectivity index (χ4n) is 2.65. The van der Waals surface area contributed by atoms with Crippen molar-refractivity contribution in [1.29, 1.82) is 0 Å². The van der Waals surface area contributed by atoms with Gasteiger partial charge in [-0.1, -0.05) is 30.3 Å². The third kappa shape index (κ3) is 5.22. The van der Waals surface area contributed by atoms with Crippen molar-refractivity contribution in [2.45, 2.75) is 13.1 Å². The van der Waals surface area contributed by atoms with E-state index in [0.717, 1.165) is 9.35 Å². The number of nitrogens with zero attached hydrogens (tertiary/aromatic N) is 1. The second-order valence-electron chi connectivity index (χ2n) is 6.02. The van der Waals surface area contributed by atoms with Gasteiger partial charge >= 0.3 is 5.69 Å². The fourth-order valence-corrected chi connectivity index (χ4v) is 3.93. The first-order chi connectivity index (χ1) is 14.0. The van der Waals surface area contributed by atoms with Crippen LogP contribution in [0.4, 0.5) is 11.5 Å². The number of benzene rings is 1. The molecule has 3 aromatic rings. The van der Waals surface area contributed by atoms with Crippen LogP contribution in [-0.4, -0.2) is 29.2 Å². The maximum absolute atomic E-state index is 12.7. The van der Waals surface area contributed by atoms with Gasteiger partial charge in [-0.15, -0.1) is 11.3 Å². The summed E-state index contributed by atoms with van der Waals surface area (Å²) in [6, 6.07) is 12.9. The average molecular weight is 479 g/mol. The Morgan fingerprint density at radius 2 is 1.97 bits per heavy atom. The zero-order chi connectivity index (χ0) is 20.8. The first-order valence-corrected chi connectivity index (χ1v) is 10.3. The first kappa shape index (κ1) is 21.0. The predicted molar refractivity (Wildman–Crippen MR) is 117 cm³/mol. The number of nitrogens with one attached hydrogen (secondary N) is 3. The predicted octanol–water partition coefficient (Wildman–Crippen LogP) is 2.87. The maximum Gasteiger partial charge on any atom is 0.330 e. The van der Waals surface area contributed by atoms with Crippen LogP contribution in [0.1, 0.15) is 15.2 Å². The van der Waals surface area contributed by atoms with E-state index in [1.807, 2.05) is 30.3 Å². The van der Waals surface area contributed by atoms with E-state index in [-0.39, 0.29) is 24.7 Å². The number of hydrogen-bond donors (Lipinski definition) is 3. The third-order valence-electron chi connectivity index (χ3n) is 4.06. The van der Waals surface area contributed by atoms with Gasteiger partial charge in [0.1, 0.15) is 11.5 Å². The Morgan fingerprint density at radius 1 is 1.21 bits per heavy atom. The molecule has 3 rings (SSSR count). The van der Waals surface area contributed by atoms with Crippen molar-refractivity contribution in [3.63, 3.8) is 0 Å². The highest BCUT2D eigenvalue weighted by molar-refractivity contribution is 9.11. The minimum atomic E-state index is -0.625. The van der Waals surface area contributed by atoms with Crippen LogP contribution in [0.3, 0.4) is 0 Å². The molecule has 0 aliphatic heterocycles. The van der Waals surface area contributed by atoms with E-state index in [1.165, 1.54) is 23.0 Å². The largest absolute Gasteiger partial charge is 0.383 e. The molecule has 0 saturated carbocycles. The summed E-state index contributed by atoms with van der Waals surface area (Å²) in [6.07, 6.45) is 0. The Hall–Kier alpha value is -2.69. The summed E-state index contributed by atoms with van der Waals surface area (Å²) in [6.45, 7) is 0.743. The normalized spacial score (nSPS) is 10.7. The molecular formula is C19H19BrN4O4S. The second-order valence-corrected chi connectivity index (χ2v) is 8.49. The summed E-state index contributed by atoms with van der Waals surface area (Å²) in [5.41, 5.74) is -0.184. The number of hydrogen-bond acceptors (Lipinski definition) is 6.